The molecule has 4 bridgehead atoms. The van der Waals surface area contributed by atoms with Crippen LogP contribution in [0.1, 0.15) is 43.5 Å². The number of carbonyl (C=O) groups is 1. The van der Waals surface area contributed by atoms with Crippen LogP contribution in [-0.2, 0) is 16.8 Å². The van der Waals surface area contributed by atoms with Gasteiger partial charge in [-0.15, -0.1) is 10.2 Å². The molecule has 3 aromatic rings. The van der Waals surface area contributed by atoms with Gasteiger partial charge in [0.15, 0.2) is 0 Å². The summed E-state index contributed by atoms with van der Waals surface area (Å²) in [7, 11) is 0. The zero-order valence-corrected chi connectivity index (χ0v) is 17.4. The summed E-state index contributed by atoms with van der Waals surface area (Å²) in [5.74, 6) is 2.23. The molecule has 0 radical (unpaired) electrons. The molecule has 1 amide bonds. The number of benzene rings is 1. The van der Waals surface area contributed by atoms with Gasteiger partial charge in [-0.3, -0.25) is 19.5 Å². The van der Waals surface area contributed by atoms with E-state index in [2.05, 4.69) is 20.5 Å². The second-order valence-electron chi connectivity index (χ2n) is 9.35. The average Bonchev–Trinajstić information content (AvgIpc) is 3.19. The summed E-state index contributed by atoms with van der Waals surface area (Å²) in [6.45, 7) is -0.0943. The van der Waals surface area contributed by atoms with Gasteiger partial charge in [0.25, 0.3) is 5.56 Å². The Morgan fingerprint density at radius 3 is 2.53 bits per heavy atom. The molecule has 30 heavy (non-hydrogen) atoms. The van der Waals surface area contributed by atoms with Gasteiger partial charge >= 0.3 is 0 Å². The van der Waals surface area contributed by atoms with Gasteiger partial charge < -0.3 is 0 Å². The second kappa shape index (κ2) is 6.70. The van der Waals surface area contributed by atoms with Crippen molar-refractivity contribution in [2.75, 3.05) is 5.32 Å². The first-order chi connectivity index (χ1) is 14.6. The van der Waals surface area contributed by atoms with E-state index in [4.69, 9.17) is 0 Å². The van der Waals surface area contributed by atoms with Crippen molar-refractivity contribution in [3.8, 4) is 0 Å². The van der Waals surface area contributed by atoms with Crippen molar-refractivity contribution >= 4 is 33.3 Å². The number of para-hydroxylation sites is 1. The zero-order valence-electron chi connectivity index (χ0n) is 16.6. The van der Waals surface area contributed by atoms with Crippen LogP contribution in [0.5, 0.6) is 0 Å². The molecule has 2 heterocycles. The number of hydrogen-bond acceptors (Lipinski definition) is 6. The highest BCUT2D eigenvalue weighted by molar-refractivity contribution is 7.15. The normalized spacial score (nSPS) is 29.4. The third-order valence-corrected chi connectivity index (χ3v) is 8.29. The van der Waals surface area contributed by atoms with Crippen molar-refractivity contribution in [3.05, 3.63) is 46.0 Å². The predicted octanol–water partition coefficient (Wildman–Crippen LogP) is 3.35. The Balaban J connectivity index is 1.19. The number of aromatic nitrogens is 4. The Hall–Kier alpha value is -2.61. The molecule has 4 fully saturated rings. The van der Waals surface area contributed by atoms with E-state index in [0.717, 1.165) is 22.8 Å². The largest absolute Gasteiger partial charge is 0.299 e. The van der Waals surface area contributed by atoms with E-state index < -0.39 is 0 Å². The molecule has 4 aliphatic carbocycles. The van der Waals surface area contributed by atoms with Gasteiger partial charge in [0.2, 0.25) is 11.0 Å². The smallest absolute Gasteiger partial charge is 0.261 e. The predicted molar refractivity (Wildman–Crippen MR) is 114 cm³/mol. The summed E-state index contributed by atoms with van der Waals surface area (Å²) in [5.41, 5.74) is 0.583. The average molecular weight is 422 g/mol. The van der Waals surface area contributed by atoms with Crippen LogP contribution in [0.4, 0.5) is 5.13 Å². The van der Waals surface area contributed by atoms with E-state index in [0.29, 0.717) is 16.0 Å². The monoisotopic (exact) mass is 421 g/mol. The van der Waals surface area contributed by atoms with Crippen LogP contribution in [0.15, 0.2) is 35.4 Å². The van der Waals surface area contributed by atoms with Crippen LogP contribution in [0, 0.1) is 17.8 Å². The molecular weight excluding hydrogens is 398 g/mol. The fourth-order valence-electron chi connectivity index (χ4n) is 6.39. The molecular formula is C22H23N5O2S. The molecule has 0 atom stereocenters. The minimum Gasteiger partial charge on any atom is -0.299 e. The molecule has 1 N–H and O–H groups in total. The number of amides is 1. The number of hydrogen-bond donors (Lipinski definition) is 1. The van der Waals surface area contributed by atoms with Crippen LogP contribution in [-0.4, -0.2) is 25.7 Å². The maximum Gasteiger partial charge on any atom is 0.261 e. The topological polar surface area (TPSA) is 89.8 Å². The van der Waals surface area contributed by atoms with Gasteiger partial charge in [0, 0.05) is 5.41 Å². The summed E-state index contributed by atoms with van der Waals surface area (Å²) < 4.78 is 1.33. The van der Waals surface area contributed by atoms with Crippen molar-refractivity contribution in [1.82, 2.24) is 19.7 Å². The Kier molecular flexibility index (Phi) is 4.06. The highest BCUT2D eigenvalue weighted by Crippen LogP contribution is 2.61. The highest BCUT2D eigenvalue weighted by Gasteiger charge is 2.53. The van der Waals surface area contributed by atoms with Gasteiger partial charge in [-0.1, -0.05) is 23.5 Å². The molecule has 7 nitrogen and oxygen atoms in total. The van der Waals surface area contributed by atoms with Crippen molar-refractivity contribution in [2.45, 2.75) is 50.5 Å². The third kappa shape index (κ3) is 2.96. The standard InChI is InChI=1S/C22H23N5O2S/c28-18(11-27-12-23-17-4-2-1-3-16(17)19(27)29)24-21-26-25-20(30-21)22-8-13-5-14(9-22)7-15(6-13)10-22/h1-4,12-15H,5-11H2,(H,24,26,28). The number of nitrogens with zero attached hydrogens (tertiary/aromatic N) is 4. The Morgan fingerprint density at radius 2 is 1.80 bits per heavy atom. The second-order valence-corrected chi connectivity index (χ2v) is 10.3. The van der Waals surface area contributed by atoms with Gasteiger partial charge in [0.05, 0.1) is 17.2 Å². The lowest BCUT2D eigenvalue weighted by atomic mass is 9.50. The van der Waals surface area contributed by atoms with Gasteiger partial charge in [-0.05, 0) is 68.4 Å². The number of fused-ring (bicyclic) bond motifs is 1. The molecule has 0 unspecified atom stereocenters. The van der Waals surface area contributed by atoms with Gasteiger partial charge in [-0.25, -0.2) is 4.98 Å². The number of carbonyl (C=O) groups excluding carboxylic acids is 1. The van der Waals surface area contributed by atoms with Gasteiger partial charge in [0.1, 0.15) is 11.6 Å². The van der Waals surface area contributed by atoms with Gasteiger partial charge in [-0.2, -0.15) is 0 Å². The first-order valence-electron chi connectivity index (χ1n) is 10.7. The zero-order chi connectivity index (χ0) is 20.3. The fraction of sp³-hybridized carbons (Fsp3) is 0.500. The van der Waals surface area contributed by atoms with E-state index in [1.807, 2.05) is 6.07 Å². The van der Waals surface area contributed by atoms with Crippen LogP contribution < -0.4 is 10.9 Å². The van der Waals surface area contributed by atoms with Crippen molar-refractivity contribution in [3.63, 3.8) is 0 Å². The maximum atomic E-state index is 12.6. The molecule has 0 spiro atoms. The number of rotatable bonds is 4. The summed E-state index contributed by atoms with van der Waals surface area (Å²) in [6, 6.07) is 7.14. The summed E-state index contributed by atoms with van der Waals surface area (Å²) in [5, 5.41) is 13.7. The Bertz CT molecular complexity index is 1160. The molecule has 2 aromatic heterocycles. The molecule has 8 heteroatoms. The van der Waals surface area contributed by atoms with E-state index in [9.17, 15) is 9.59 Å². The van der Waals surface area contributed by atoms with Crippen LogP contribution >= 0.6 is 11.3 Å². The molecule has 1 aromatic carbocycles. The minimum atomic E-state index is -0.289. The van der Waals surface area contributed by atoms with Crippen molar-refractivity contribution in [1.29, 1.82) is 0 Å². The maximum absolute atomic E-state index is 12.6. The lowest BCUT2D eigenvalue weighted by Crippen LogP contribution is -2.48. The molecule has 4 aliphatic rings. The Labute approximate surface area is 177 Å². The first kappa shape index (κ1) is 18.2. The lowest BCUT2D eigenvalue weighted by Gasteiger charge is -2.55. The SMILES string of the molecule is O=C(Cn1cnc2ccccc2c1=O)Nc1nnc(C23CC4CC(CC(C4)C2)C3)s1. The van der Waals surface area contributed by atoms with E-state index >= 15 is 0 Å². The minimum absolute atomic E-state index is 0.0943. The molecule has 0 aliphatic heterocycles. The van der Waals surface area contributed by atoms with Crippen LogP contribution in [0.2, 0.25) is 0 Å². The van der Waals surface area contributed by atoms with Crippen molar-refractivity contribution in [2.24, 2.45) is 17.8 Å². The van der Waals surface area contributed by atoms with E-state index in [-0.39, 0.29) is 23.4 Å². The molecule has 154 valence electrons. The summed E-state index contributed by atoms with van der Waals surface area (Å²) >= 11 is 1.51. The molecule has 0 saturated heterocycles. The first-order valence-corrected chi connectivity index (χ1v) is 11.5. The Morgan fingerprint density at radius 1 is 1.10 bits per heavy atom. The lowest BCUT2D eigenvalue weighted by molar-refractivity contribution is -0.116. The van der Waals surface area contributed by atoms with Crippen LogP contribution in [0.25, 0.3) is 10.9 Å². The summed E-state index contributed by atoms with van der Waals surface area (Å²) in [6.07, 6.45) is 9.24. The van der Waals surface area contributed by atoms with Crippen LogP contribution in [0.3, 0.4) is 0 Å². The number of anilines is 1. The number of nitrogens with one attached hydrogen (secondary N) is 1. The molecule has 4 saturated carbocycles. The fourth-order valence-corrected chi connectivity index (χ4v) is 7.37. The van der Waals surface area contributed by atoms with E-state index in [1.54, 1.807) is 18.2 Å². The van der Waals surface area contributed by atoms with E-state index in [1.165, 1.54) is 60.8 Å². The summed E-state index contributed by atoms with van der Waals surface area (Å²) in [4.78, 5) is 29.4. The third-order valence-electron chi connectivity index (χ3n) is 7.21. The molecule has 7 rings (SSSR count). The highest BCUT2D eigenvalue weighted by atomic mass is 32.1. The quantitative estimate of drug-likeness (QED) is 0.698. The van der Waals surface area contributed by atoms with Crippen molar-refractivity contribution < 1.29 is 4.79 Å².